The Labute approximate surface area is 220 Å². The number of rotatable bonds is 17. The third-order valence-electron chi connectivity index (χ3n) is 4.58. The van der Waals surface area contributed by atoms with Crippen LogP contribution >= 0.6 is 8.58 Å². The molecule has 2 rings (SSSR count). The van der Waals surface area contributed by atoms with Crippen LogP contribution in [0.4, 0.5) is 0 Å². The molecule has 0 amide bonds. The van der Waals surface area contributed by atoms with Crippen LogP contribution in [-0.4, -0.2) is 99.6 Å². The van der Waals surface area contributed by atoms with Gasteiger partial charge >= 0.3 is 18.9 Å². The van der Waals surface area contributed by atoms with Gasteiger partial charge in [0.1, 0.15) is 54.1 Å². The fourth-order valence-corrected chi connectivity index (χ4v) is 4.10. The van der Waals surface area contributed by atoms with Gasteiger partial charge in [0.05, 0.1) is 39.3 Å². The fourth-order valence-electron chi connectivity index (χ4n) is 2.96. The molecule has 0 spiro atoms. The van der Waals surface area contributed by atoms with E-state index in [4.69, 9.17) is 37.9 Å². The number of carbonyl (C=O) groups excluding carboxylic acids is 1. The minimum absolute atomic E-state index is 0. The van der Waals surface area contributed by atoms with Crippen LogP contribution in [0.5, 0.6) is 28.7 Å². The van der Waals surface area contributed by atoms with Gasteiger partial charge < -0.3 is 37.9 Å². The van der Waals surface area contributed by atoms with E-state index in [2.05, 4.69) is 0 Å². The molecule has 2 aromatic carbocycles. The molecule has 0 aromatic heterocycles. The van der Waals surface area contributed by atoms with Gasteiger partial charge in [-0.2, -0.15) is 0 Å². The van der Waals surface area contributed by atoms with Crippen LogP contribution in [0.1, 0.15) is 10.4 Å². The number of ether oxygens (including phenoxy) is 8. The van der Waals surface area contributed by atoms with E-state index in [1.165, 1.54) is 14.2 Å². The molecule has 0 aliphatic heterocycles. The maximum absolute atomic E-state index is 13.5. The molecule has 1 unspecified atom stereocenters. The third kappa shape index (κ3) is 9.53. The summed E-state index contributed by atoms with van der Waals surface area (Å²) in [4.78, 5) is 13.5. The monoisotopic (exact) mass is 504 g/mol. The molecule has 0 aliphatic carbocycles. The Kier molecular flexibility index (Phi) is 15.5. The molecule has 0 saturated heterocycles. The van der Waals surface area contributed by atoms with Gasteiger partial charge in [0, 0.05) is 33.5 Å². The van der Waals surface area contributed by atoms with Crippen molar-refractivity contribution in [2.45, 2.75) is 0 Å². The van der Waals surface area contributed by atoms with Crippen molar-refractivity contribution in [2.24, 2.45) is 0 Å². The first kappa shape index (κ1) is 31.0. The quantitative estimate of drug-likeness (QED) is 0.183. The average Bonchev–Trinajstić information content (AvgIpc) is 2.85. The molecule has 190 valence electrons. The van der Waals surface area contributed by atoms with Crippen molar-refractivity contribution in [1.29, 1.82) is 0 Å². The van der Waals surface area contributed by atoms with Crippen LogP contribution in [0, 0.1) is 0 Å². The number of methoxy groups -OCH3 is 5. The molecule has 0 fully saturated rings. The second-order valence-electron chi connectivity index (χ2n) is 6.81. The Morgan fingerprint density at radius 2 is 1.14 bits per heavy atom. The maximum atomic E-state index is 13.5. The molecule has 11 heteroatoms. The second kappa shape index (κ2) is 17.4. The van der Waals surface area contributed by atoms with Gasteiger partial charge in [0.15, 0.2) is 5.52 Å². The predicted molar refractivity (Wildman–Crippen MR) is 138 cm³/mol. The van der Waals surface area contributed by atoms with Gasteiger partial charge in [0.25, 0.3) is 0 Å². The molecule has 0 radical (unpaired) electrons. The fraction of sp³-hybridized carbons (Fsp3) is 0.458. The van der Waals surface area contributed by atoms with E-state index >= 15 is 0 Å². The third-order valence-corrected chi connectivity index (χ3v) is 5.80. The van der Waals surface area contributed by atoms with Crippen molar-refractivity contribution < 1.29 is 42.7 Å². The van der Waals surface area contributed by atoms with Crippen molar-refractivity contribution in [3.63, 3.8) is 0 Å². The summed E-state index contributed by atoms with van der Waals surface area (Å²) in [5.41, 5.74) is 0.174. The topological polar surface area (TPSA) is 90.9 Å². The molecular weight excluding hydrogens is 470 g/mol. The number of benzene rings is 2. The zero-order valence-electron chi connectivity index (χ0n) is 20.3. The molecule has 0 saturated carbocycles. The van der Waals surface area contributed by atoms with Crippen molar-refractivity contribution >= 4 is 38.3 Å². The van der Waals surface area contributed by atoms with E-state index in [1.807, 2.05) is 0 Å². The van der Waals surface area contributed by atoms with Gasteiger partial charge in [-0.1, -0.05) is 6.07 Å². The van der Waals surface area contributed by atoms with Crippen LogP contribution in [0.2, 0.25) is 0 Å². The molecule has 0 bridgehead atoms. The molecule has 0 aliphatic rings. The number of hydrogen-bond acceptors (Lipinski definition) is 9. The van der Waals surface area contributed by atoms with Gasteiger partial charge in [-0.15, -0.1) is 0 Å². The molecule has 2 aromatic rings. The minimum atomic E-state index is -0.336. The van der Waals surface area contributed by atoms with Gasteiger partial charge in [0.2, 0.25) is 0 Å². The summed E-state index contributed by atoms with van der Waals surface area (Å²) in [6.07, 6.45) is 0. The van der Waals surface area contributed by atoms with Crippen LogP contribution in [0.3, 0.4) is 0 Å². The van der Waals surface area contributed by atoms with Gasteiger partial charge in [-0.25, -0.2) is 0 Å². The van der Waals surface area contributed by atoms with E-state index in [0.717, 1.165) is 0 Å². The van der Waals surface area contributed by atoms with Crippen molar-refractivity contribution in [2.75, 3.05) is 75.2 Å². The molecule has 9 nitrogen and oxygen atoms in total. The first-order chi connectivity index (χ1) is 16.6. The SMILES string of the molecule is COCCOc1cc(OCCOC)c(PC(=O)c2c(OC)cccc2OC)c(OCCOC)c1.[LiH]. The summed E-state index contributed by atoms with van der Waals surface area (Å²) in [6, 6.07) is 8.69. The van der Waals surface area contributed by atoms with E-state index in [-0.39, 0.29) is 33.0 Å². The first-order valence-electron chi connectivity index (χ1n) is 10.6. The summed E-state index contributed by atoms with van der Waals surface area (Å²) in [6.45, 7) is 2.12. The van der Waals surface area contributed by atoms with E-state index in [0.29, 0.717) is 79.3 Å². The van der Waals surface area contributed by atoms with Crippen molar-refractivity contribution in [3.05, 3.63) is 35.9 Å². The van der Waals surface area contributed by atoms with Crippen LogP contribution < -0.4 is 29.0 Å². The van der Waals surface area contributed by atoms with Crippen LogP contribution in [0.15, 0.2) is 30.3 Å². The van der Waals surface area contributed by atoms with E-state index in [1.54, 1.807) is 51.7 Å². The Balaban J connectivity index is 0.00000612. The molecule has 35 heavy (non-hydrogen) atoms. The summed E-state index contributed by atoms with van der Waals surface area (Å²) >= 11 is 0. The summed E-state index contributed by atoms with van der Waals surface area (Å²) in [7, 11) is 7.47. The molecule has 0 heterocycles. The zero-order chi connectivity index (χ0) is 24.8. The van der Waals surface area contributed by atoms with Gasteiger partial charge in [-0.3, -0.25) is 4.79 Å². The van der Waals surface area contributed by atoms with Crippen LogP contribution in [0.25, 0.3) is 0 Å². The van der Waals surface area contributed by atoms with E-state index in [9.17, 15) is 4.79 Å². The number of carbonyl (C=O) groups is 1. The van der Waals surface area contributed by atoms with Gasteiger partial charge in [-0.05, 0) is 20.7 Å². The second-order valence-corrected chi connectivity index (χ2v) is 8.01. The van der Waals surface area contributed by atoms with E-state index < -0.39 is 0 Å². The standard InChI is InChI=1S/C24H33O9P.Li.H/c1-26-9-12-31-17-15-20(32-13-10-27-2)23(21(16-17)33-14-11-28-3)34-24(25)22-18(29-4)7-6-8-19(22)30-5;;/h6-8,15-16,34H,9-14H2,1-5H3;;. The molecular formula is C24H34LiO9P. The Morgan fingerprint density at radius 1 is 0.686 bits per heavy atom. The predicted octanol–water partition coefficient (Wildman–Crippen LogP) is 2.28. The molecule has 1 atom stereocenters. The van der Waals surface area contributed by atoms with Crippen LogP contribution in [-0.2, 0) is 14.2 Å². The Hall–Kier alpha value is -1.98. The molecule has 0 N–H and O–H groups in total. The zero-order valence-corrected chi connectivity index (χ0v) is 21.3. The summed E-state index contributed by atoms with van der Waals surface area (Å²) in [5, 5.41) is 0.601. The normalized spacial score (nSPS) is 10.7. The van der Waals surface area contributed by atoms with Crippen molar-refractivity contribution in [1.82, 2.24) is 0 Å². The Bertz CT molecular complexity index is 857. The Morgan fingerprint density at radius 3 is 1.57 bits per heavy atom. The summed E-state index contributed by atoms with van der Waals surface area (Å²) < 4.78 is 43.8. The van der Waals surface area contributed by atoms with Crippen molar-refractivity contribution in [3.8, 4) is 28.7 Å². The first-order valence-corrected chi connectivity index (χ1v) is 11.6. The average molecular weight is 504 g/mol. The summed E-state index contributed by atoms with van der Waals surface area (Å²) in [5.74, 6) is 2.34. The number of hydrogen-bond donors (Lipinski definition) is 0.